The van der Waals surface area contributed by atoms with Crippen molar-refractivity contribution in [3.63, 3.8) is 0 Å². The summed E-state index contributed by atoms with van der Waals surface area (Å²) >= 11 is 0. The van der Waals surface area contributed by atoms with Crippen LogP contribution in [0.15, 0.2) is 34.7 Å². The lowest BCUT2D eigenvalue weighted by atomic mass is 10.1. The Morgan fingerprint density at radius 3 is 2.86 bits per heavy atom. The molecule has 2 rings (SSSR count). The SMILES string of the molecule is N#CC(C=O)c1cc2ccccc2o1. The van der Waals surface area contributed by atoms with Gasteiger partial charge in [0.15, 0.2) is 5.92 Å². The predicted molar refractivity (Wildman–Crippen MR) is 50.6 cm³/mol. The van der Waals surface area contributed by atoms with E-state index in [1.165, 1.54) is 0 Å². The second kappa shape index (κ2) is 3.35. The van der Waals surface area contributed by atoms with Crippen LogP contribution in [0.2, 0.25) is 0 Å². The third-order valence-corrected chi connectivity index (χ3v) is 2.03. The summed E-state index contributed by atoms with van der Waals surface area (Å²) in [5, 5.41) is 9.57. The summed E-state index contributed by atoms with van der Waals surface area (Å²) in [6, 6.07) is 11.0. The summed E-state index contributed by atoms with van der Waals surface area (Å²) in [6.07, 6.45) is 0.581. The number of nitriles is 1. The van der Waals surface area contributed by atoms with Gasteiger partial charge in [-0.15, -0.1) is 0 Å². The molecule has 3 nitrogen and oxygen atoms in total. The van der Waals surface area contributed by atoms with E-state index in [1.54, 1.807) is 12.1 Å². The van der Waals surface area contributed by atoms with Crippen molar-refractivity contribution in [2.24, 2.45) is 0 Å². The number of furan rings is 1. The average molecular weight is 185 g/mol. The van der Waals surface area contributed by atoms with Gasteiger partial charge < -0.3 is 9.21 Å². The first-order valence-electron chi connectivity index (χ1n) is 4.18. The minimum Gasteiger partial charge on any atom is -0.459 e. The van der Waals surface area contributed by atoms with Crippen molar-refractivity contribution in [2.45, 2.75) is 5.92 Å². The molecule has 2 aromatic rings. The Kier molecular flexibility index (Phi) is 2.04. The van der Waals surface area contributed by atoms with Crippen LogP contribution in [0.25, 0.3) is 11.0 Å². The summed E-state index contributed by atoms with van der Waals surface area (Å²) in [6.45, 7) is 0. The van der Waals surface area contributed by atoms with E-state index in [1.807, 2.05) is 24.3 Å². The number of benzene rings is 1. The van der Waals surface area contributed by atoms with Gasteiger partial charge in [-0.2, -0.15) is 5.26 Å². The summed E-state index contributed by atoms with van der Waals surface area (Å²) in [5.41, 5.74) is 0.699. The summed E-state index contributed by atoms with van der Waals surface area (Å²) in [7, 11) is 0. The van der Waals surface area contributed by atoms with Crippen molar-refractivity contribution in [2.75, 3.05) is 0 Å². The lowest BCUT2D eigenvalue weighted by Gasteiger charge is -1.92. The third kappa shape index (κ3) is 1.27. The quantitative estimate of drug-likeness (QED) is 0.674. The van der Waals surface area contributed by atoms with Crippen LogP contribution in [0.5, 0.6) is 0 Å². The van der Waals surface area contributed by atoms with E-state index in [4.69, 9.17) is 9.68 Å². The fraction of sp³-hybridized carbons (Fsp3) is 0.0909. The average Bonchev–Trinajstić information content (AvgIpc) is 2.63. The normalized spacial score (nSPS) is 12.2. The molecule has 14 heavy (non-hydrogen) atoms. The topological polar surface area (TPSA) is 54.0 Å². The lowest BCUT2D eigenvalue weighted by molar-refractivity contribution is -0.108. The highest BCUT2D eigenvalue weighted by atomic mass is 16.3. The zero-order valence-electron chi connectivity index (χ0n) is 7.31. The van der Waals surface area contributed by atoms with Crippen molar-refractivity contribution in [1.29, 1.82) is 5.26 Å². The van der Waals surface area contributed by atoms with E-state index in [0.29, 0.717) is 17.6 Å². The maximum atomic E-state index is 10.5. The Morgan fingerprint density at radius 1 is 1.43 bits per heavy atom. The van der Waals surface area contributed by atoms with Crippen LogP contribution in [0.3, 0.4) is 0 Å². The van der Waals surface area contributed by atoms with Crippen molar-refractivity contribution >= 4 is 17.3 Å². The molecule has 0 amide bonds. The fourth-order valence-corrected chi connectivity index (χ4v) is 1.32. The molecular formula is C11H7NO2. The Bertz CT molecular complexity index is 474. The van der Waals surface area contributed by atoms with E-state index in [2.05, 4.69) is 0 Å². The molecule has 0 aliphatic carbocycles. The number of fused-ring (bicyclic) bond motifs is 1. The molecule has 0 fully saturated rings. The van der Waals surface area contributed by atoms with E-state index < -0.39 is 5.92 Å². The van der Waals surface area contributed by atoms with E-state index in [9.17, 15) is 4.79 Å². The summed E-state index contributed by atoms with van der Waals surface area (Å²) in [4.78, 5) is 10.5. The Hall–Kier alpha value is -2.08. The zero-order chi connectivity index (χ0) is 9.97. The summed E-state index contributed by atoms with van der Waals surface area (Å²) < 4.78 is 5.36. The minimum atomic E-state index is -0.803. The predicted octanol–water partition coefficient (Wildman–Crippen LogP) is 2.24. The van der Waals surface area contributed by atoms with Crippen LogP contribution in [0.1, 0.15) is 11.7 Å². The first-order valence-corrected chi connectivity index (χ1v) is 4.18. The molecule has 1 heterocycles. The van der Waals surface area contributed by atoms with E-state index in [-0.39, 0.29) is 0 Å². The molecule has 0 spiro atoms. The van der Waals surface area contributed by atoms with Gasteiger partial charge >= 0.3 is 0 Å². The number of hydrogen-bond donors (Lipinski definition) is 0. The van der Waals surface area contributed by atoms with Crippen LogP contribution < -0.4 is 0 Å². The number of para-hydroxylation sites is 1. The van der Waals surface area contributed by atoms with Gasteiger partial charge in [0.1, 0.15) is 17.6 Å². The smallest absolute Gasteiger partial charge is 0.159 e. The second-order valence-corrected chi connectivity index (χ2v) is 2.93. The van der Waals surface area contributed by atoms with Crippen molar-refractivity contribution < 1.29 is 9.21 Å². The molecule has 0 aliphatic rings. The standard InChI is InChI=1S/C11H7NO2/c12-6-9(7-13)11-5-8-3-1-2-4-10(8)14-11/h1-5,7,9H. The van der Waals surface area contributed by atoms with Gasteiger partial charge in [0.05, 0.1) is 6.07 Å². The van der Waals surface area contributed by atoms with Crippen LogP contribution >= 0.6 is 0 Å². The van der Waals surface area contributed by atoms with Gasteiger partial charge in [-0.05, 0) is 12.1 Å². The van der Waals surface area contributed by atoms with Gasteiger partial charge in [-0.3, -0.25) is 0 Å². The minimum absolute atomic E-state index is 0.406. The number of rotatable bonds is 2. The second-order valence-electron chi connectivity index (χ2n) is 2.93. The molecule has 1 aromatic carbocycles. The maximum absolute atomic E-state index is 10.5. The molecule has 3 heteroatoms. The highest BCUT2D eigenvalue weighted by molar-refractivity contribution is 5.79. The number of nitrogens with zero attached hydrogens (tertiary/aromatic N) is 1. The van der Waals surface area contributed by atoms with Gasteiger partial charge in [-0.1, -0.05) is 18.2 Å². The van der Waals surface area contributed by atoms with Crippen LogP contribution in [-0.4, -0.2) is 6.29 Å². The van der Waals surface area contributed by atoms with Crippen LogP contribution in [-0.2, 0) is 4.79 Å². The Balaban J connectivity index is 2.55. The van der Waals surface area contributed by atoms with E-state index in [0.717, 1.165) is 5.39 Å². The van der Waals surface area contributed by atoms with Crippen LogP contribution in [0, 0.1) is 11.3 Å². The highest BCUT2D eigenvalue weighted by Crippen LogP contribution is 2.23. The third-order valence-electron chi connectivity index (χ3n) is 2.03. The lowest BCUT2D eigenvalue weighted by Crippen LogP contribution is -1.93. The number of hydrogen-bond acceptors (Lipinski definition) is 3. The molecular weight excluding hydrogens is 178 g/mol. The molecule has 1 aromatic heterocycles. The molecule has 0 N–H and O–H groups in total. The molecule has 68 valence electrons. The van der Waals surface area contributed by atoms with Crippen molar-refractivity contribution in [3.05, 3.63) is 36.1 Å². The van der Waals surface area contributed by atoms with Crippen molar-refractivity contribution in [1.82, 2.24) is 0 Å². The molecule has 0 saturated heterocycles. The van der Waals surface area contributed by atoms with Gasteiger partial charge in [0.2, 0.25) is 0 Å². The van der Waals surface area contributed by atoms with Crippen LogP contribution in [0.4, 0.5) is 0 Å². The Labute approximate surface area is 80.6 Å². The number of carbonyl (C=O) groups is 1. The number of aldehydes is 1. The Morgan fingerprint density at radius 2 is 2.21 bits per heavy atom. The van der Waals surface area contributed by atoms with Gasteiger partial charge in [0.25, 0.3) is 0 Å². The largest absolute Gasteiger partial charge is 0.459 e. The number of carbonyl (C=O) groups excluding carboxylic acids is 1. The zero-order valence-corrected chi connectivity index (χ0v) is 7.31. The van der Waals surface area contributed by atoms with Gasteiger partial charge in [0, 0.05) is 5.39 Å². The summed E-state index contributed by atoms with van der Waals surface area (Å²) in [5.74, 6) is -0.397. The molecule has 0 bridgehead atoms. The van der Waals surface area contributed by atoms with Crippen molar-refractivity contribution in [3.8, 4) is 6.07 Å². The van der Waals surface area contributed by atoms with E-state index >= 15 is 0 Å². The molecule has 0 radical (unpaired) electrons. The first kappa shape index (κ1) is 8.52. The first-order chi connectivity index (χ1) is 6.85. The fourth-order valence-electron chi connectivity index (χ4n) is 1.32. The molecule has 1 unspecified atom stereocenters. The molecule has 1 atom stereocenters. The molecule has 0 saturated carbocycles. The van der Waals surface area contributed by atoms with Gasteiger partial charge in [-0.25, -0.2) is 0 Å². The maximum Gasteiger partial charge on any atom is 0.159 e. The molecule has 0 aliphatic heterocycles. The highest BCUT2D eigenvalue weighted by Gasteiger charge is 2.13. The monoisotopic (exact) mass is 185 g/mol.